The van der Waals surface area contributed by atoms with Crippen LogP contribution >= 0.6 is 0 Å². The molecule has 1 aliphatic carbocycles. The Hall–Kier alpha value is -4.53. The minimum atomic E-state index is -0.779. The number of anilines is 1. The second kappa shape index (κ2) is 9.50. The summed E-state index contributed by atoms with van der Waals surface area (Å²) in [5.74, 6) is -1.11. The number of carbonyl (C=O) groups excluding carboxylic acids is 2. The molecule has 2 aromatic heterocycles. The van der Waals surface area contributed by atoms with Crippen molar-refractivity contribution in [2.75, 3.05) is 12.4 Å². The van der Waals surface area contributed by atoms with Crippen LogP contribution in [0.1, 0.15) is 45.9 Å². The van der Waals surface area contributed by atoms with Gasteiger partial charge in [-0.1, -0.05) is 30.3 Å². The molecule has 0 spiro atoms. The van der Waals surface area contributed by atoms with Crippen molar-refractivity contribution < 1.29 is 14.3 Å². The van der Waals surface area contributed by atoms with E-state index in [4.69, 9.17) is 4.74 Å². The van der Waals surface area contributed by atoms with Crippen molar-refractivity contribution in [1.29, 1.82) is 0 Å². The number of rotatable bonds is 6. The quantitative estimate of drug-likeness (QED) is 0.408. The third-order valence-corrected chi connectivity index (χ3v) is 6.71. The minimum absolute atomic E-state index is 0.0211. The first-order chi connectivity index (χ1) is 17.8. The van der Waals surface area contributed by atoms with Crippen molar-refractivity contribution in [3.63, 3.8) is 0 Å². The molecular weight excluding hydrogens is 472 g/mol. The molecule has 1 aliphatic rings. The summed E-state index contributed by atoms with van der Waals surface area (Å²) in [6.45, 7) is 3.26. The van der Waals surface area contributed by atoms with Crippen molar-refractivity contribution in [3.8, 4) is 5.69 Å². The molecule has 1 saturated carbocycles. The number of para-hydroxylation sites is 1. The van der Waals surface area contributed by atoms with Crippen molar-refractivity contribution in [2.24, 2.45) is 0 Å². The highest BCUT2D eigenvalue weighted by Crippen LogP contribution is 2.40. The third kappa shape index (κ3) is 4.44. The lowest BCUT2D eigenvalue weighted by molar-refractivity contribution is -0.116. The Labute approximate surface area is 212 Å². The number of hydrogen-bond donors (Lipinski definition) is 1. The zero-order valence-corrected chi connectivity index (χ0v) is 20.8. The van der Waals surface area contributed by atoms with E-state index in [1.165, 1.54) is 11.7 Å². The summed E-state index contributed by atoms with van der Waals surface area (Å²) in [6.07, 6.45) is 1.81. The first kappa shape index (κ1) is 24.2. The number of methoxy groups -OCH3 is 1. The summed E-state index contributed by atoms with van der Waals surface area (Å²) in [5.41, 5.74) is 2.13. The van der Waals surface area contributed by atoms with Crippen LogP contribution in [0.3, 0.4) is 0 Å². The van der Waals surface area contributed by atoms with Gasteiger partial charge in [-0.15, -0.1) is 0 Å². The number of esters is 1. The van der Waals surface area contributed by atoms with Gasteiger partial charge in [0.15, 0.2) is 5.65 Å². The Morgan fingerprint density at radius 2 is 1.78 bits per heavy atom. The molecule has 0 atom stereocenters. The number of nitrogens with zero attached hydrogens (tertiary/aromatic N) is 3. The number of aryl methyl sites for hydroxylation is 1. The first-order valence-electron chi connectivity index (χ1n) is 12.0. The number of aromatic nitrogens is 3. The van der Waals surface area contributed by atoms with Crippen LogP contribution in [0.5, 0.6) is 0 Å². The Morgan fingerprint density at radius 1 is 1.05 bits per heavy atom. The largest absolute Gasteiger partial charge is 0.465 e. The van der Waals surface area contributed by atoms with E-state index < -0.39 is 29.7 Å². The molecule has 2 aromatic carbocycles. The summed E-state index contributed by atoms with van der Waals surface area (Å²) < 4.78 is 7.09. The van der Waals surface area contributed by atoms with Crippen LogP contribution in [0.25, 0.3) is 16.7 Å². The molecule has 2 heterocycles. The molecule has 37 heavy (non-hydrogen) atoms. The molecule has 188 valence electrons. The third-order valence-electron chi connectivity index (χ3n) is 6.71. The molecule has 0 aliphatic heterocycles. The predicted molar refractivity (Wildman–Crippen MR) is 139 cm³/mol. The number of amides is 1. The first-order valence-corrected chi connectivity index (χ1v) is 12.0. The molecule has 1 amide bonds. The van der Waals surface area contributed by atoms with Gasteiger partial charge in [0.05, 0.1) is 23.7 Å². The Bertz CT molecular complexity index is 1670. The fourth-order valence-corrected chi connectivity index (χ4v) is 4.39. The van der Waals surface area contributed by atoms with Gasteiger partial charge in [-0.25, -0.2) is 23.7 Å². The molecule has 9 heteroatoms. The number of hydrogen-bond acceptors (Lipinski definition) is 6. The molecule has 1 N–H and O–H groups in total. The molecule has 0 saturated heterocycles. The lowest BCUT2D eigenvalue weighted by Crippen LogP contribution is -2.43. The van der Waals surface area contributed by atoms with Gasteiger partial charge >= 0.3 is 11.7 Å². The fourth-order valence-electron chi connectivity index (χ4n) is 4.39. The fraction of sp³-hybridized carbons (Fsp3) is 0.250. The van der Waals surface area contributed by atoms with Crippen LogP contribution in [0, 0.1) is 13.8 Å². The average Bonchev–Trinajstić information content (AvgIpc) is 3.74. The van der Waals surface area contributed by atoms with Crippen molar-refractivity contribution >= 4 is 28.6 Å². The van der Waals surface area contributed by atoms with Crippen LogP contribution in [0.15, 0.2) is 64.2 Å². The van der Waals surface area contributed by atoms with Gasteiger partial charge < -0.3 is 10.1 Å². The number of benzene rings is 2. The van der Waals surface area contributed by atoms with Gasteiger partial charge in [-0.3, -0.25) is 9.59 Å². The van der Waals surface area contributed by atoms with E-state index in [0.717, 1.165) is 28.5 Å². The molecule has 0 unspecified atom stereocenters. The normalized spacial score (nSPS) is 12.9. The summed E-state index contributed by atoms with van der Waals surface area (Å²) in [6, 6.07) is 15.8. The molecule has 1 fully saturated rings. The second-order valence-electron chi connectivity index (χ2n) is 9.20. The van der Waals surface area contributed by atoms with Gasteiger partial charge in [-0.2, -0.15) is 0 Å². The van der Waals surface area contributed by atoms with E-state index in [0.29, 0.717) is 17.1 Å². The topological polar surface area (TPSA) is 112 Å². The summed E-state index contributed by atoms with van der Waals surface area (Å²) in [4.78, 5) is 57.9. The zero-order valence-electron chi connectivity index (χ0n) is 20.8. The number of pyridine rings is 1. The molecule has 4 aromatic rings. The lowest BCUT2D eigenvalue weighted by Gasteiger charge is -2.16. The maximum atomic E-state index is 13.8. The van der Waals surface area contributed by atoms with E-state index in [9.17, 15) is 19.2 Å². The van der Waals surface area contributed by atoms with Crippen LogP contribution < -0.4 is 16.6 Å². The summed E-state index contributed by atoms with van der Waals surface area (Å²) in [7, 11) is 1.23. The van der Waals surface area contributed by atoms with Crippen molar-refractivity contribution in [2.45, 2.75) is 39.2 Å². The molecular formula is C28H26N4O5. The highest BCUT2D eigenvalue weighted by Gasteiger charge is 2.30. The molecule has 9 nitrogen and oxygen atoms in total. The van der Waals surface area contributed by atoms with E-state index in [1.807, 2.05) is 26.0 Å². The predicted octanol–water partition coefficient (Wildman–Crippen LogP) is 3.47. The lowest BCUT2D eigenvalue weighted by atomic mass is 10.1. The number of nitrogens with one attached hydrogen (secondary N) is 1. The van der Waals surface area contributed by atoms with Gasteiger partial charge in [0, 0.05) is 17.3 Å². The van der Waals surface area contributed by atoms with Crippen LogP contribution in [0.4, 0.5) is 5.69 Å². The van der Waals surface area contributed by atoms with E-state index in [2.05, 4.69) is 10.3 Å². The smallest absolute Gasteiger partial charge is 0.338 e. The maximum absolute atomic E-state index is 13.8. The van der Waals surface area contributed by atoms with Gasteiger partial charge in [0.1, 0.15) is 6.54 Å². The van der Waals surface area contributed by atoms with Gasteiger partial charge in [0.2, 0.25) is 5.91 Å². The van der Waals surface area contributed by atoms with Crippen molar-refractivity contribution in [3.05, 3.63) is 97.8 Å². The minimum Gasteiger partial charge on any atom is -0.465 e. The molecule has 5 rings (SSSR count). The monoisotopic (exact) mass is 498 g/mol. The number of carbonyl (C=O) groups is 2. The van der Waals surface area contributed by atoms with E-state index >= 15 is 0 Å². The summed E-state index contributed by atoms with van der Waals surface area (Å²) in [5, 5.41) is 2.72. The van der Waals surface area contributed by atoms with Gasteiger partial charge in [0.25, 0.3) is 5.56 Å². The van der Waals surface area contributed by atoms with Crippen LogP contribution in [0.2, 0.25) is 0 Å². The SMILES string of the molecule is COC(=O)c1cc(C2CC2)nc2c1c(=O)n(CC(=O)Nc1cccc(C)c1C)c(=O)n2-c1ccccc1. The number of fused-ring (bicyclic) bond motifs is 1. The van der Waals surface area contributed by atoms with E-state index in [-0.39, 0.29) is 22.5 Å². The Morgan fingerprint density at radius 3 is 2.46 bits per heavy atom. The van der Waals surface area contributed by atoms with Gasteiger partial charge in [-0.05, 0) is 62.1 Å². The van der Waals surface area contributed by atoms with E-state index in [1.54, 1.807) is 42.5 Å². The number of ether oxygens (including phenoxy) is 1. The highest BCUT2D eigenvalue weighted by atomic mass is 16.5. The molecule has 0 radical (unpaired) electrons. The van der Waals surface area contributed by atoms with Crippen molar-refractivity contribution in [1.82, 2.24) is 14.1 Å². The summed E-state index contributed by atoms with van der Waals surface area (Å²) >= 11 is 0. The Balaban J connectivity index is 1.73. The zero-order chi connectivity index (χ0) is 26.3. The second-order valence-corrected chi connectivity index (χ2v) is 9.20. The molecule has 0 bridgehead atoms. The van der Waals surface area contributed by atoms with Crippen LogP contribution in [-0.2, 0) is 16.1 Å². The Kier molecular flexibility index (Phi) is 6.20. The highest BCUT2D eigenvalue weighted by molar-refractivity contribution is 6.02. The standard InChI is InChI=1S/C28H26N4O5/c1-16-8-7-11-21(17(16)2)29-23(33)15-31-26(34)24-20(27(35)37-3)14-22(18-12-13-18)30-25(24)32(28(31)36)19-9-5-4-6-10-19/h4-11,14,18H,12-13,15H2,1-3H3,(H,29,33). The average molecular weight is 499 g/mol. The van der Waals surface area contributed by atoms with Crippen LogP contribution in [-0.4, -0.2) is 33.1 Å². The maximum Gasteiger partial charge on any atom is 0.338 e.